The van der Waals surface area contributed by atoms with E-state index in [2.05, 4.69) is 15.0 Å². The van der Waals surface area contributed by atoms with Gasteiger partial charge in [0.15, 0.2) is 21.5 Å². The second-order valence-electron chi connectivity index (χ2n) is 19.1. The molecule has 1 fully saturated rings. The maximum atomic E-state index is 14.1. The van der Waals surface area contributed by atoms with Crippen molar-refractivity contribution in [2.45, 2.75) is 56.9 Å². The lowest BCUT2D eigenvalue weighted by Gasteiger charge is -2.24. The Balaban J connectivity index is 0.766. The number of carbonyl (C=O) groups excluding carboxylic acids is 4. The van der Waals surface area contributed by atoms with Gasteiger partial charge in [0, 0.05) is 49.0 Å². The van der Waals surface area contributed by atoms with Crippen molar-refractivity contribution in [3.8, 4) is 16.9 Å². The number of nitrogens with two attached hydrogens (primary N) is 1. The first-order valence-electron chi connectivity index (χ1n) is 28.4. The molecule has 2 aliphatic rings. The van der Waals surface area contributed by atoms with Crippen LogP contribution >= 0.6 is 0 Å². The van der Waals surface area contributed by atoms with E-state index in [9.17, 15) is 45.2 Å². The lowest BCUT2D eigenvalue weighted by atomic mass is 9.99. The van der Waals surface area contributed by atoms with Gasteiger partial charge in [0.25, 0.3) is 11.8 Å². The topological polar surface area (TPSA) is 270 Å². The highest BCUT2D eigenvalue weighted by Crippen LogP contribution is 2.34. The molecule has 0 bridgehead atoms. The van der Waals surface area contributed by atoms with Crippen LogP contribution in [0.4, 0.5) is 23.2 Å². The summed E-state index contributed by atoms with van der Waals surface area (Å²) >= 11 is 0. The number of halogens is 4. The molecule has 3 N–H and O–H groups in total. The summed E-state index contributed by atoms with van der Waals surface area (Å²) < 4.78 is 138. The summed E-state index contributed by atoms with van der Waals surface area (Å²) in [5.74, 6) is -12.1. The van der Waals surface area contributed by atoms with Crippen LogP contribution in [0.5, 0.6) is 5.75 Å². The van der Waals surface area contributed by atoms with Gasteiger partial charge in [-0.3, -0.25) is 24.0 Å². The molecule has 0 aromatic heterocycles. The van der Waals surface area contributed by atoms with E-state index in [0.717, 1.165) is 23.1 Å². The van der Waals surface area contributed by atoms with Gasteiger partial charge in [-0.05, 0) is 61.6 Å². The van der Waals surface area contributed by atoms with Gasteiger partial charge in [-0.1, -0.05) is 31.2 Å². The van der Waals surface area contributed by atoms with Crippen molar-refractivity contribution in [1.29, 1.82) is 0 Å². The maximum Gasteiger partial charge on any atom is 0.313 e. The molecule has 2 heterocycles. The molecule has 1 saturated heterocycles. The number of ether oxygens (including phenoxy) is 11. The van der Waals surface area contributed by atoms with Crippen LogP contribution in [0.3, 0.4) is 0 Å². The number of amidine groups is 1. The van der Waals surface area contributed by atoms with Crippen molar-refractivity contribution in [3.05, 3.63) is 82.4 Å². The SMILES string of the molecule is CCCN(OCC)C(=O)C1=Cc2ccc(-c3ccc(C(=O)N4CCC[C@H]4C(=O)NCCOCCOCCOCCOCCOCCOCCOCCOCCOCCOCCC(=O)Oc4c(F)c(F)c(S(C)(=O)=O)c(F)c4F)cc3)cc2N=C(N)C1. The van der Waals surface area contributed by atoms with Gasteiger partial charge in [-0.15, -0.1) is 0 Å². The molecule has 0 radical (unpaired) electrons. The zero-order valence-corrected chi connectivity index (χ0v) is 49.7. The molecule has 5 rings (SSSR count). The van der Waals surface area contributed by atoms with Crippen LogP contribution in [0.15, 0.2) is 57.9 Å². The molecular formula is C58H79F4N5O18S. The van der Waals surface area contributed by atoms with Gasteiger partial charge < -0.3 is 68.1 Å². The van der Waals surface area contributed by atoms with Gasteiger partial charge in [0.2, 0.25) is 23.3 Å². The van der Waals surface area contributed by atoms with Crippen LogP contribution in [0.25, 0.3) is 17.2 Å². The summed E-state index contributed by atoms with van der Waals surface area (Å²) in [5.41, 5.74) is 10.4. The number of amides is 3. The van der Waals surface area contributed by atoms with Crippen molar-refractivity contribution in [1.82, 2.24) is 15.3 Å². The van der Waals surface area contributed by atoms with Gasteiger partial charge in [0.05, 0.1) is 151 Å². The highest BCUT2D eigenvalue weighted by atomic mass is 32.2. The molecule has 23 nitrogen and oxygen atoms in total. The average molecular weight is 1240 g/mol. The largest absolute Gasteiger partial charge is 0.420 e. The molecule has 0 unspecified atom stereocenters. The minimum atomic E-state index is -4.65. The molecule has 0 spiro atoms. The molecule has 0 saturated carbocycles. The highest BCUT2D eigenvalue weighted by Gasteiger charge is 2.35. The molecule has 3 aromatic carbocycles. The Morgan fingerprint density at radius 2 is 1.14 bits per heavy atom. The summed E-state index contributed by atoms with van der Waals surface area (Å²) in [6.45, 7) is 11.4. The zero-order chi connectivity index (χ0) is 62.1. The number of sulfone groups is 1. The Morgan fingerprint density at radius 3 is 1.62 bits per heavy atom. The van der Waals surface area contributed by atoms with Gasteiger partial charge in [-0.25, -0.2) is 27.3 Å². The number of likely N-dealkylation sites (tertiary alicyclic amines) is 1. The number of benzene rings is 3. The second-order valence-corrected chi connectivity index (χ2v) is 21.1. The second kappa shape index (κ2) is 39.0. The molecule has 3 aromatic rings. The third-order valence-corrected chi connectivity index (χ3v) is 13.7. The number of hydroxylamine groups is 2. The third-order valence-electron chi connectivity index (χ3n) is 12.6. The number of hydrogen-bond donors (Lipinski definition) is 2. The van der Waals surface area contributed by atoms with E-state index < -0.39 is 62.2 Å². The quantitative estimate of drug-likeness (QED) is 0.0185. The number of aliphatic imine (C=N–C) groups is 1. The number of rotatable bonds is 43. The molecule has 1 atom stereocenters. The first kappa shape index (κ1) is 70.7. The van der Waals surface area contributed by atoms with Crippen LogP contribution in [-0.2, 0) is 76.4 Å². The fourth-order valence-electron chi connectivity index (χ4n) is 8.48. The summed E-state index contributed by atoms with van der Waals surface area (Å²) in [5, 5.41) is 4.27. The smallest absolute Gasteiger partial charge is 0.313 e. The summed E-state index contributed by atoms with van der Waals surface area (Å²) in [7, 11) is -4.65. The first-order valence-corrected chi connectivity index (χ1v) is 30.3. The number of esters is 1. The van der Waals surface area contributed by atoms with E-state index in [1.54, 1.807) is 17.0 Å². The van der Waals surface area contributed by atoms with Gasteiger partial charge in [-0.2, -0.15) is 8.78 Å². The summed E-state index contributed by atoms with van der Waals surface area (Å²) in [6, 6.07) is 12.4. The van der Waals surface area contributed by atoms with E-state index >= 15 is 0 Å². The predicted octanol–water partition coefficient (Wildman–Crippen LogP) is 5.16. The van der Waals surface area contributed by atoms with Gasteiger partial charge >= 0.3 is 5.97 Å². The molecule has 2 aliphatic heterocycles. The number of nitrogens with one attached hydrogen (secondary N) is 1. The van der Waals surface area contributed by atoms with Crippen LogP contribution in [0.2, 0.25) is 0 Å². The Kier molecular flexibility index (Phi) is 32.1. The summed E-state index contributed by atoms with van der Waals surface area (Å²) in [4.78, 5) is 62.0. The van der Waals surface area contributed by atoms with Crippen LogP contribution < -0.4 is 15.8 Å². The average Bonchev–Trinajstić information content (AvgIpc) is 1.29. The molecule has 3 amide bonds. The number of carbonyl (C=O) groups is 4. The highest BCUT2D eigenvalue weighted by molar-refractivity contribution is 7.90. The summed E-state index contributed by atoms with van der Waals surface area (Å²) in [6.07, 6.45) is 3.86. The monoisotopic (exact) mass is 1240 g/mol. The normalized spacial score (nSPS) is 14.2. The van der Waals surface area contributed by atoms with E-state index in [4.69, 9.17) is 57.9 Å². The standard InChI is InChI=1S/C58H79F4N5O18S/c1-4-16-67(84-5-2)58(71)45-38-44-13-12-43(39-46(44)65-48(63)40-45)41-8-10-42(11-9-41)57(70)66-17-6-7-47(66)56(69)64-15-19-75-21-23-77-25-27-79-29-31-81-33-35-83-37-36-82-34-32-80-30-28-78-26-24-76-22-20-74-18-14-49(68)85-54-50(59)52(61)55(86(3,72)73)53(62)51(54)60/h8-13,38-39,47H,4-7,14-37,40H2,1-3H3,(H2,63,65)(H,64,69)/t47-/m0/s1. The Morgan fingerprint density at radius 1 is 0.663 bits per heavy atom. The number of nitrogens with zero attached hydrogens (tertiary/aromatic N) is 3. The molecule has 478 valence electrons. The fraction of sp³-hybridized carbons (Fsp3) is 0.569. The zero-order valence-electron chi connectivity index (χ0n) is 48.9. The third kappa shape index (κ3) is 23.9. The van der Waals surface area contributed by atoms with Crippen molar-refractivity contribution < 1.29 is 102 Å². The Hall–Kier alpha value is -6.02. The van der Waals surface area contributed by atoms with Gasteiger partial charge in [0.1, 0.15) is 16.8 Å². The van der Waals surface area contributed by atoms with Crippen LogP contribution in [0, 0.1) is 23.3 Å². The molecule has 0 aliphatic carbocycles. The number of hydrogen-bond acceptors (Lipinski definition) is 20. The molecule has 28 heteroatoms. The lowest BCUT2D eigenvalue weighted by Crippen LogP contribution is -2.46. The minimum absolute atomic E-state index is 0.0415. The van der Waals surface area contributed by atoms with E-state index in [1.807, 2.05) is 50.3 Å². The maximum absolute atomic E-state index is 14.1. The molecule has 86 heavy (non-hydrogen) atoms. The van der Waals surface area contributed by atoms with E-state index in [1.165, 1.54) is 5.06 Å². The van der Waals surface area contributed by atoms with Crippen molar-refractivity contribution in [3.63, 3.8) is 0 Å². The number of fused-ring (bicyclic) bond motifs is 1. The van der Waals surface area contributed by atoms with Crippen LogP contribution in [-0.4, -0.2) is 219 Å². The van der Waals surface area contributed by atoms with Crippen molar-refractivity contribution in [2.24, 2.45) is 10.7 Å². The van der Waals surface area contributed by atoms with E-state index in [-0.39, 0.29) is 63.8 Å². The predicted molar refractivity (Wildman–Crippen MR) is 304 cm³/mol. The van der Waals surface area contributed by atoms with Crippen molar-refractivity contribution >= 4 is 51.1 Å². The molecular weight excluding hydrogens is 1160 g/mol. The van der Waals surface area contributed by atoms with Crippen molar-refractivity contribution in [2.75, 3.05) is 165 Å². The Labute approximate surface area is 498 Å². The Bertz CT molecular complexity index is 2760. The van der Waals surface area contributed by atoms with E-state index in [0.29, 0.717) is 160 Å². The van der Waals surface area contributed by atoms with Crippen LogP contribution in [0.1, 0.15) is 61.9 Å². The fourth-order valence-corrected chi connectivity index (χ4v) is 9.31. The lowest BCUT2D eigenvalue weighted by molar-refractivity contribution is -0.180. The minimum Gasteiger partial charge on any atom is -0.420 e. The first-order chi connectivity index (χ1) is 41.5.